The monoisotopic (exact) mass is 345 g/mol. The molecule has 0 unspecified atom stereocenters. The van der Waals surface area contributed by atoms with Crippen molar-refractivity contribution in [3.63, 3.8) is 0 Å². The molecule has 0 atom stereocenters. The number of hydrogen-bond acceptors (Lipinski definition) is 5. The minimum absolute atomic E-state index is 0.168. The van der Waals surface area contributed by atoms with Crippen LogP contribution < -0.4 is 10.6 Å². The fourth-order valence-electron chi connectivity index (χ4n) is 2.03. The second-order valence-electron chi connectivity index (χ2n) is 5.16. The number of rotatable bonds is 4. The van der Waals surface area contributed by atoms with Crippen molar-refractivity contribution in [2.45, 2.75) is 20.3 Å². The van der Waals surface area contributed by atoms with E-state index in [1.54, 1.807) is 12.1 Å². The molecule has 24 heavy (non-hydrogen) atoms. The van der Waals surface area contributed by atoms with Gasteiger partial charge in [-0.1, -0.05) is 18.2 Å². The first-order chi connectivity index (χ1) is 11.3. The molecule has 1 aromatic rings. The summed E-state index contributed by atoms with van der Waals surface area (Å²) in [6, 6.07) is 7.08. The number of thiocarbonyl (C=S) groups is 1. The first-order valence-electron chi connectivity index (χ1n) is 7.05. The molecule has 0 aliphatic carbocycles. The van der Waals surface area contributed by atoms with E-state index in [0.717, 1.165) is 16.7 Å². The maximum Gasteiger partial charge on any atom is 0.260 e. The fraction of sp³-hybridized carbons (Fsp3) is 0.188. The van der Waals surface area contributed by atoms with Gasteiger partial charge in [-0.2, -0.15) is 0 Å². The number of Topliss-reactive ketones (excluding diaryl/α,β-unsaturated/α-hetero) is 1. The van der Waals surface area contributed by atoms with Gasteiger partial charge in [-0.3, -0.25) is 24.1 Å². The van der Waals surface area contributed by atoms with E-state index in [1.807, 2.05) is 19.1 Å². The Morgan fingerprint density at radius 1 is 1.29 bits per heavy atom. The molecule has 0 spiro atoms. The predicted octanol–water partition coefficient (Wildman–Crippen LogP) is 1.04. The zero-order chi connectivity index (χ0) is 17.9. The van der Waals surface area contributed by atoms with Crippen LogP contribution in [0.3, 0.4) is 0 Å². The zero-order valence-electron chi connectivity index (χ0n) is 13.1. The van der Waals surface area contributed by atoms with Gasteiger partial charge in [0.1, 0.15) is 6.42 Å². The number of carbonyl (C=O) groups is 4. The molecule has 1 heterocycles. The van der Waals surface area contributed by atoms with Crippen LogP contribution in [-0.2, 0) is 19.2 Å². The van der Waals surface area contributed by atoms with Crippen molar-refractivity contribution in [1.82, 2.24) is 10.2 Å². The Labute approximate surface area is 143 Å². The van der Waals surface area contributed by atoms with Crippen LogP contribution >= 0.6 is 12.2 Å². The van der Waals surface area contributed by atoms with Crippen molar-refractivity contribution in [3.8, 4) is 0 Å². The predicted molar refractivity (Wildman–Crippen MR) is 90.8 cm³/mol. The van der Waals surface area contributed by atoms with Gasteiger partial charge in [0, 0.05) is 11.9 Å². The molecule has 2 rings (SSSR count). The molecule has 124 valence electrons. The molecule has 1 fully saturated rings. The average molecular weight is 345 g/mol. The fourth-order valence-corrected chi connectivity index (χ4v) is 2.30. The van der Waals surface area contributed by atoms with E-state index >= 15 is 0 Å². The Bertz CT molecular complexity index is 765. The first-order valence-corrected chi connectivity index (χ1v) is 7.46. The van der Waals surface area contributed by atoms with Gasteiger partial charge in [0.25, 0.3) is 5.91 Å². The third-order valence-electron chi connectivity index (χ3n) is 3.32. The Balaban J connectivity index is 2.28. The Morgan fingerprint density at radius 2 is 1.96 bits per heavy atom. The first kappa shape index (κ1) is 17.5. The Hall–Kier alpha value is -2.87. The van der Waals surface area contributed by atoms with E-state index in [1.165, 1.54) is 6.92 Å². The number of anilines is 1. The topological polar surface area (TPSA) is 95.6 Å². The molecule has 1 saturated heterocycles. The van der Waals surface area contributed by atoms with Crippen LogP contribution in [0.25, 0.3) is 0 Å². The van der Waals surface area contributed by atoms with Crippen LogP contribution in [0.4, 0.5) is 5.69 Å². The van der Waals surface area contributed by atoms with Crippen LogP contribution in [0.1, 0.15) is 18.9 Å². The lowest BCUT2D eigenvalue weighted by Gasteiger charge is -2.24. The number of nitrogens with one attached hydrogen (secondary N) is 2. The molecule has 0 bridgehead atoms. The molecule has 1 aliphatic rings. The molecule has 0 aromatic heterocycles. The molecular weight excluding hydrogens is 330 g/mol. The van der Waals surface area contributed by atoms with Crippen molar-refractivity contribution in [2.24, 2.45) is 0 Å². The van der Waals surface area contributed by atoms with Crippen LogP contribution in [0, 0.1) is 6.92 Å². The lowest BCUT2D eigenvalue weighted by molar-refractivity contribution is -0.133. The molecule has 1 aromatic carbocycles. The number of para-hydroxylation sites is 1. The lowest BCUT2D eigenvalue weighted by atomic mass is 10.1. The summed E-state index contributed by atoms with van der Waals surface area (Å²) in [6.07, 6.45) is 0.654. The van der Waals surface area contributed by atoms with Gasteiger partial charge in [-0.15, -0.1) is 0 Å². The summed E-state index contributed by atoms with van der Waals surface area (Å²) in [5.41, 5.74) is 1.13. The van der Waals surface area contributed by atoms with Gasteiger partial charge >= 0.3 is 0 Å². The van der Waals surface area contributed by atoms with Crippen LogP contribution in [0.15, 0.2) is 36.0 Å². The number of hydrogen-bond donors (Lipinski definition) is 2. The highest BCUT2D eigenvalue weighted by Gasteiger charge is 2.28. The second-order valence-corrected chi connectivity index (χ2v) is 5.55. The molecule has 0 radical (unpaired) electrons. The zero-order valence-corrected chi connectivity index (χ0v) is 13.9. The van der Waals surface area contributed by atoms with Crippen molar-refractivity contribution in [2.75, 3.05) is 5.32 Å². The quantitative estimate of drug-likeness (QED) is 0.368. The van der Waals surface area contributed by atoms with E-state index in [9.17, 15) is 19.2 Å². The molecule has 1 aliphatic heterocycles. The summed E-state index contributed by atoms with van der Waals surface area (Å²) < 4.78 is 0. The maximum atomic E-state index is 12.4. The normalized spacial score (nSPS) is 15.2. The largest absolute Gasteiger partial charge is 0.322 e. The molecule has 0 saturated carbocycles. The number of carbonyl (C=O) groups excluding carboxylic acids is 4. The van der Waals surface area contributed by atoms with E-state index < -0.39 is 29.9 Å². The van der Waals surface area contributed by atoms with Crippen molar-refractivity contribution in [1.29, 1.82) is 0 Å². The van der Waals surface area contributed by atoms with Gasteiger partial charge in [-0.05, 0) is 37.7 Å². The molecule has 2 N–H and O–H groups in total. The number of ketones is 1. The molecule has 3 amide bonds. The van der Waals surface area contributed by atoms with E-state index in [0.29, 0.717) is 5.69 Å². The van der Waals surface area contributed by atoms with Crippen LogP contribution in [0.2, 0.25) is 0 Å². The Morgan fingerprint density at radius 3 is 2.54 bits per heavy atom. The minimum Gasteiger partial charge on any atom is -0.322 e. The van der Waals surface area contributed by atoms with Crippen LogP contribution in [0.5, 0.6) is 0 Å². The van der Waals surface area contributed by atoms with Gasteiger partial charge in [0.05, 0.1) is 5.57 Å². The SMILES string of the molecule is CC(=O)C(=CN1C(=O)CC(=O)NC1=S)C(=O)Nc1ccccc1C. The van der Waals surface area contributed by atoms with E-state index in [-0.39, 0.29) is 10.7 Å². The van der Waals surface area contributed by atoms with Gasteiger partial charge in [0.15, 0.2) is 10.9 Å². The molecule has 7 nitrogen and oxygen atoms in total. The molecule has 8 heteroatoms. The van der Waals surface area contributed by atoms with Gasteiger partial charge < -0.3 is 10.6 Å². The van der Waals surface area contributed by atoms with Gasteiger partial charge in [0.2, 0.25) is 11.8 Å². The van der Waals surface area contributed by atoms with E-state index in [4.69, 9.17) is 12.2 Å². The number of aryl methyl sites for hydroxylation is 1. The standard InChI is InChI=1S/C16H15N3O4S/c1-9-5-3-4-6-12(9)17-15(23)11(10(2)20)8-19-14(22)7-13(21)18-16(19)24/h3-6,8H,7H2,1-2H3,(H,17,23)(H,18,21,24). The summed E-state index contributed by atoms with van der Waals surface area (Å²) >= 11 is 4.91. The summed E-state index contributed by atoms with van der Waals surface area (Å²) in [5, 5.41) is 4.77. The number of benzene rings is 1. The van der Waals surface area contributed by atoms with Crippen LogP contribution in [-0.4, -0.2) is 33.5 Å². The van der Waals surface area contributed by atoms with Crippen molar-refractivity contribution >= 4 is 46.5 Å². The minimum atomic E-state index is -0.663. The maximum absolute atomic E-state index is 12.4. The van der Waals surface area contributed by atoms with Gasteiger partial charge in [-0.25, -0.2) is 0 Å². The summed E-state index contributed by atoms with van der Waals surface area (Å²) in [4.78, 5) is 48.3. The Kier molecular flexibility index (Phi) is 5.20. The number of amides is 3. The third-order valence-corrected chi connectivity index (χ3v) is 3.62. The molecular formula is C16H15N3O4S. The lowest BCUT2D eigenvalue weighted by Crippen LogP contribution is -2.50. The summed E-state index contributed by atoms with van der Waals surface area (Å²) in [6.45, 7) is 3.02. The second kappa shape index (κ2) is 7.14. The third kappa shape index (κ3) is 3.90. The summed E-state index contributed by atoms with van der Waals surface area (Å²) in [7, 11) is 0. The number of nitrogens with zero attached hydrogens (tertiary/aromatic N) is 1. The highest BCUT2D eigenvalue weighted by molar-refractivity contribution is 7.80. The summed E-state index contributed by atoms with van der Waals surface area (Å²) in [5.74, 6) is -2.33. The highest BCUT2D eigenvalue weighted by Crippen LogP contribution is 2.15. The van der Waals surface area contributed by atoms with Crippen molar-refractivity contribution in [3.05, 3.63) is 41.6 Å². The smallest absolute Gasteiger partial charge is 0.260 e. The average Bonchev–Trinajstić information content (AvgIpc) is 2.48. The van der Waals surface area contributed by atoms with Crippen molar-refractivity contribution < 1.29 is 19.2 Å². The van der Waals surface area contributed by atoms with E-state index in [2.05, 4.69) is 10.6 Å². The highest BCUT2D eigenvalue weighted by atomic mass is 32.1.